The fraction of sp³-hybridized carbons (Fsp3) is 0.333. The van der Waals surface area contributed by atoms with Crippen molar-refractivity contribution in [1.82, 2.24) is 9.55 Å². The van der Waals surface area contributed by atoms with Gasteiger partial charge in [0.2, 0.25) is 0 Å². The van der Waals surface area contributed by atoms with Gasteiger partial charge in [-0.15, -0.1) is 0 Å². The second kappa shape index (κ2) is 3.92. The van der Waals surface area contributed by atoms with Gasteiger partial charge in [-0.3, -0.25) is 9.36 Å². The van der Waals surface area contributed by atoms with Crippen LogP contribution >= 0.6 is 15.9 Å². The minimum Gasteiger partial charge on any atom is -0.394 e. The number of fused-ring (bicyclic) bond motifs is 2. The van der Waals surface area contributed by atoms with Crippen LogP contribution in [0.15, 0.2) is 27.5 Å². The van der Waals surface area contributed by atoms with Gasteiger partial charge < -0.3 is 5.11 Å². The summed E-state index contributed by atoms with van der Waals surface area (Å²) in [7, 11) is 0. The molecular weight excluding hydrogens is 284 g/mol. The lowest BCUT2D eigenvalue weighted by Gasteiger charge is -2.11. The Morgan fingerprint density at radius 2 is 2.35 bits per heavy atom. The molecule has 88 valence electrons. The Morgan fingerprint density at radius 3 is 3.12 bits per heavy atom. The van der Waals surface area contributed by atoms with Crippen LogP contribution in [0.2, 0.25) is 0 Å². The molecule has 0 bridgehead atoms. The molecule has 0 fully saturated rings. The minimum absolute atomic E-state index is 0.00335. The number of nitrogens with zero attached hydrogens (tertiary/aromatic N) is 2. The maximum absolute atomic E-state index is 12.3. The van der Waals surface area contributed by atoms with Gasteiger partial charge >= 0.3 is 0 Å². The Morgan fingerprint density at radius 1 is 1.53 bits per heavy atom. The zero-order valence-corrected chi connectivity index (χ0v) is 10.6. The molecule has 1 unspecified atom stereocenters. The topological polar surface area (TPSA) is 55.1 Å². The van der Waals surface area contributed by atoms with Crippen LogP contribution in [0.5, 0.6) is 0 Å². The molecular formula is C12H11BrN2O2. The summed E-state index contributed by atoms with van der Waals surface area (Å²) in [4.78, 5) is 16.8. The van der Waals surface area contributed by atoms with E-state index in [2.05, 4.69) is 20.9 Å². The Labute approximate surface area is 106 Å². The maximum atomic E-state index is 12.3. The van der Waals surface area contributed by atoms with Crippen molar-refractivity contribution in [3.8, 4) is 0 Å². The summed E-state index contributed by atoms with van der Waals surface area (Å²) in [6, 6.07) is 5.35. The van der Waals surface area contributed by atoms with Crippen LogP contribution in [0.3, 0.4) is 0 Å². The van der Waals surface area contributed by atoms with Crippen LogP contribution in [0, 0.1) is 0 Å². The van der Waals surface area contributed by atoms with Crippen molar-refractivity contribution in [3.05, 3.63) is 38.9 Å². The molecule has 2 aromatic rings. The highest BCUT2D eigenvalue weighted by Gasteiger charge is 2.24. The normalized spacial score (nSPS) is 18.6. The van der Waals surface area contributed by atoms with Crippen molar-refractivity contribution in [2.24, 2.45) is 0 Å². The molecule has 0 spiro atoms. The Kier molecular flexibility index (Phi) is 2.52. The van der Waals surface area contributed by atoms with Crippen LogP contribution in [0.4, 0.5) is 0 Å². The van der Waals surface area contributed by atoms with E-state index in [0.29, 0.717) is 10.9 Å². The van der Waals surface area contributed by atoms with E-state index in [0.717, 1.165) is 23.1 Å². The number of aromatic nitrogens is 2. The molecule has 0 saturated carbocycles. The molecule has 1 aliphatic heterocycles. The predicted octanol–water partition coefficient (Wildman–Crippen LogP) is 1.64. The lowest BCUT2D eigenvalue weighted by Crippen LogP contribution is -2.26. The zero-order chi connectivity index (χ0) is 12.0. The Bertz CT molecular complexity index is 651. The maximum Gasteiger partial charge on any atom is 0.261 e. The van der Waals surface area contributed by atoms with Gasteiger partial charge in [-0.25, -0.2) is 4.98 Å². The fourth-order valence-corrected chi connectivity index (χ4v) is 2.72. The number of aryl methyl sites for hydroxylation is 1. The van der Waals surface area contributed by atoms with E-state index in [9.17, 15) is 9.90 Å². The molecule has 1 aromatic heterocycles. The van der Waals surface area contributed by atoms with Gasteiger partial charge in [0, 0.05) is 10.9 Å². The second-order valence-electron chi connectivity index (χ2n) is 4.24. The van der Waals surface area contributed by atoms with Gasteiger partial charge in [-0.2, -0.15) is 0 Å². The van der Waals surface area contributed by atoms with E-state index in [4.69, 9.17) is 0 Å². The number of aliphatic hydroxyl groups excluding tert-OH is 1. The third-order valence-electron chi connectivity index (χ3n) is 3.21. The summed E-state index contributed by atoms with van der Waals surface area (Å²) >= 11 is 3.37. The summed E-state index contributed by atoms with van der Waals surface area (Å²) in [6.07, 6.45) is 1.54. The van der Waals surface area contributed by atoms with E-state index < -0.39 is 0 Å². The first-order chi connectivity index (χ1) is 8.20. The van der Waals surface area contributed by atoms with E-state index in [-0.39, 0.29) is 18.2 Å². The number of benzene rings is 1. The molecule has 0 aliphatic carbocycles. The quantitative estimate of drug-likeness (QED) is 0.870. The first-order valence-corrected chi connectivity index (χ1v) is 6.31. The molecule has 0 radical (unpaired) electrons. The minimum atomic E-state index is -0.113. The molecule has 1 atom stereocenters. The fourth-order valence-electron chi connectivity index (χ4n) is 2.37. The smallest absolute Gasteiger partial charge is 0.261 e. The predicted molar refractivity (Wildman–Crippen MR) is 68.1 cm³/mol. The average Bonchev–Trinajstić information content (AvgIpc) is 2.72. The van der Waals surface area contributed by atoms with Gasteiger partial charge in [0.15, 0.2) is 0 Å². The molecule has 3 rings (SSSR count). The van der Waals surface area contributed by atoms with Crippen molar-refractivity contribution < 1.29 is 5.11 Å². The highest BCUT2D eigenvalue weighted by molar-refractivity contribution is 9.10. The van der Waals surface area contributed by atoms with Crippen molar-refractivity contribution >= 4 is 26.8 Å². The highest BCUT2D eigenvalue weighted by atomic mass is 79.9. The SMILES string of the molecule is O=c1c2ccc(Br)cc2nc2n1C(CO)CC2. The van der Waals surface area contributed by atoms with Gasteiger partial charge in [-0.1, -0.05) is 15.9 Å². The first-order valence-electron chi connectivity index (χ1n) is 5.52. The third kappa shape index (κ3) is 1.61. The first kappa shape index (κ1) is 10.9. The lowest BCUT2D eigenvalue weighted by atomic mass is 10.2. The van der Waals surface area contributed by atoms with Crippen LogP contribution in [-0.2, 0) is 6.42 Å². The van der Waals surface area contributed by atoms with Crippen molar-refractivity contribution in [1.29, 1.82) is 0 Å². The summed E-state index contributed by atoms with van der Waals surface area (Å²) in [6.45, 7) is -0.00335. The molecule has 2 heterocycles. The molecule has 5 heteroatoms. The molecule has 0 amide bonds. The van der Waals surface area contributed by atoms with Crippen LogP contribution in [-0.4, -0.2) is 21.3 Å². The second-order valence-corrected chi connectivity index (χ2v) is 5.16. The van der Waals surface area contributed by atoms with Crippen LogP contribution in [0.1, 0.15) is 18.3 Å². The molecule has 1 aromatic carbocycles. The standard InChI is InChI=1S/C12H11BrN2O2/c13-7-1-3-9-10(5-7)14-11-4-2-8(6-16)15(11)12(9)17/h1,3,5,8,16H,2,4,6H2. The number of hydrogen-bond donors (Lipinski definition) is 1. The molecule has 17 heavy (non-hydrogen) atoms. The van der Waals surface area contributed by atoms with Crippen LogP contribution < -0.4 is 5.56 Å². The number of halogens is 1. The highest BCUT2D eigenvalue weighted by Crippen LogP contribution is 2.24. The van der Waals surface area contributed by atoms with Crippen molar-refractivity contribution in [2.75, 3.05) is 6.61 Å². The largest absolute Gasteiger partial charge is 0.394 e. The molecule has 0 saturated heterocycles. The average molecular weight is 295 g/mol. The van der Waals surface area contributed by atoms with E-state index >= 15 is 0 Å². The van der Waals surface area contributed by atoms with Gasteiger partial charge in [0.1, 0.15) is 5.82 Å². The van der Waals surface area contributed by atoms with E-state index in [1.54, 1.807) is 10.6 Å². The summed E-state index contributed by atoms with van der Waals surface area (Å²) in [5.41, 5.74) is 0.670. The van der Waals surface area contributed by atoms with E-state index in [1.807, 2.05) is 12.1 Å². The number of aliphatic hydroxyl groups is 1. The molecule has 1 aliphatic rings. The monoisotopic (exact) mass is 294 g/mol. The number of hydrogen-bond acceptors (Lipinski definition) is 3. The van der Waals surface area contributed by atoms with E-state index in [1.165, 1.54) is 0 Å². The van der Waals surface area contributed by atoms with Crippen molar-refractivity contribution in [2.45, 2.75) is 18.9 Å². The van der Waals surface area contributed by atoms with Gasteiger partial charge in [0.25, 0.3) is 5.56 Å². The van der Waals surface area contributed by atoms with Crippen molar-refractivity contribution in [3.63, 3.8) is 0 Å². The Hall–Kier alpha value is -1.20. The molecule has 1 N–H and O–H groups in total. The summed E-state index contributed by atoms with van der Waals surface area (Å²) < 4.78 is 2.55. The van der Waals surface area contributed by atoms with Gasteiger partial charge in [0.05, 0.1) is 23.6 Å². The zero-order valence-electron chi connectivity index (χ0n) is 9.06. The number of rotatable bonds is 1. The Balaban J connectivity index is 2.36. The lowest BCUT2D eigenvalue weighted by molar-refractivity contribution is 0.231. The molecule has 4 nitrogen and oxygen atoms in total. The summed E-state index contributed by atoms with van der Waals surface area (Å²) in [5.74, 6) is 0.777. The van der Waals surface area contributed by atoms with Crippen LogP contribution in [0.25, 0.3) is 10.9 Å². The summed E-state index contributed by atoms with van der Waals surface area (Å²) in [5, 5.41) is 9.87. The third-order valence-corrected chi connectivity index (χ3v) is 3.71. The van der Waals surface area contributed by atoms with Gasteiger partial charge in [-0.05, 0) is 24.6 Å².